The quantitative estimate of drug-likeness (QED) is 0.599. The smallest absolute Gasteiger partial charge is 0.331 e. The second-order valence-corrected chi connectivity index (χ2v) is 10.00. The Hall–Kier alpha value is -2.51. The number of fused-ring (bicyclic) bond motifs is 1. The Labute approximate surface area is 171 Å². The number of hydrogen-bond acceptors (Lipinski definition) is 5. The minimum Gasteiger partial charge on any atom is -0.451 e. The Kier molecular flexibility index (Phi) is 5.04. The number of carbonyl (C=O) groups is 2. The summed E-state index contributed by atoms with van der Waals surface area (Å²) in [5.41, 5.74) is 1.62. The van der Waals surface area contributed by atoms with Gasteiger partial charge in [0.1, 0.15) is 11.4 Å². The lowest BCUT2D eigenvalue weighted by molar-refractivity contribution is -0.170. The van der Waals surface area contributed by atoms with Crippen LogP contribution in [0.1, 0.15) is 31.1 Å². The third-order valence-electron chi connectivity index (χ3n) is 5.72. The highest BCUT2D eigenvalue weighted by Crippen LogP contribution is 2.47. The monoisotopic (exact) mass is 413 g/mol. The number of esters is 1. The van der Waals surface area contributed by atoms with Crippen LogP contribution in [0.3, 0.4) is 0 Å². The predicted octanol–water partition coefficient (Wildman–Crippen LogP) is 2.01. The third-order valence-corrected chi connectivity index (χ3v) is 7.98. The molecule has 152 valence electrons. The number of rotatable bonds is 5. The van der Waals surface area contributed by atoms with E-state index in [1.807, 2.05) is 60.7 Å². The first-order chi connectivity index (χ1) is 13.9. The van der Waals surface area contributed by atoms with E-state index in [4.69, 9.17) is 4.74 Å². The second-order valence-electron chi connectivity index (χ2n) is 7.87. The first-order valence-corrected chi connectivity index (χ1v) is 10.7. The molecule has 2 aromatic carbocycles. The third kappa shape index (κ3) is 3.09. The van der Waals surface area contributed by atoms with Gasteiger partial charge in [-0.15, -0.1) is 0 Å². The Morgan fingerprint density at radius 2 is 1.62 bits per heavy atom. The molecule has 1 amide bonds. The molecule has 0 aliphatic carbocycles. The molecular weight excluding hydrogens is 390 g/mol. The molecule has 2 heterocycles. The highest BCUT2D eigenvalue weighted by Gasteiger charge is 2.67. The number of amides is 1. The standard InChI is InChI=1S/C22H23NO5S/c1-22(2)18(23-19(25)16(13-24)20(23)29(22)27)21(26)28-17(14-9-5-3-6-10-14)15-11-7-4-8-12-15/h3-12,16-18,20,24H,13H2,1-2H3/t16-,18-,20-,29+/m1/s1. The lowest BCUT2D eigenvalue weighted by Crippen LogP contribution is -2.64. The van der Waals surface area contributed by atoms with E-state index in [1.54, 1.807) is 13.8 Å². The molecule has 6 nitrogen and oxygen atoms in total. The summed E-state index contributed by atoms with van der Waals surface area (Å²) in [6.07, 6.45) is -0.641. The van der Waals surface area contributed by atoms with E-state index in [2.05, 4.69) is 0 Å². The van der Waals surface area contributed by atoms with Crippen LogP contribution in [0.4, 0.5) is 0 Å². The fourth-order valence-corrected chi connectivity index (χ4v) is 6.15. The van der Waals surface area contributed by atoms with E-state index in [0.717, 1.165) is 11.1 Å². The van der Waals surface area contributed by atoms with Crippen LogP contribution in [0.15, 0.2) is 60.7 Å². The van der Waals surface area contributed by atoms with Gasteiger partial charge in [-0.1, -0.05) is 60.7 Å². The highest BCUT2D eigenvalue weighted by molar-refractivity contribution is 7.87. The number of ether oxygens (including phenoxy) is 1. The SMILES string of the molecule is CC1(C)[C@@H](C(=O)OC(c2ccccc2)c2ccccc2)N2C(=O)[C@@H](CO)[C@H]2[S@@]1=O. The van der Waals surface area contributed by atoms with Crippen molar-refractivity contribution in [1.82, 2.24) is 4.90 Å². The summed E-state index contributed by atoms with van der Waals surface area (Å²) in [4.78, 5) is 27.1. The Morgan fingerprint density at radius 3 is 2.10 bits per heavy atom. The van der Waals surface area contributed by atoms with Crippen LogP contribution in [0.25, 0.3) is 0 Å². The normalized spacial score (nSPS) is 27.4. The van der Waals surface area contributed by atoms with Gasteiger partial charge in [-0.2, -0.15) is 0 Å². The summed E-state index contributed by atoms with van der Waals surface area (Å²) in [6.45, 7) is 3.03. The van der Waals surface area contributed by atoms with Crippen molar-refractivity contribution in [3.8, 4) is 0 Å². The number of aliphatic hydroxyl groups is 1. The zero-order chi connectivity index (χ0) is 20.8. The van der Waals surface area contributed by atoms with E-state index in [-0.39, 0.29) is 12.5 Å². The van der Waals surface area contributed by atoms with Crippen LogP contribution in [-0.4, -0.2) is 48.9 Å². The van der Waals surface area contributed by atoms with Gasteiger partial charge >= 0.3 is 5.97 Å². The average molecular weight is 413 g/mol. The number of β-lactam (4-membered cyclic amide) rings is 1. The van der Waals surface area contributed by atoms with Crippen molar-refractivity contribution in [2.24, 2.45) is 5.92 Å². The van der Waals surface area contributed by atoms with Gasteiger partial charge in [0.2, 0.25) is 5.91 Å². The maximum Gasteiger partial charge on any atom is 0.331 e. The summed E-state index contributed by atoms with van der Waals surface area (Å²) in [5, 5.41) is 8.81. The minimum absolute atomic E-state index is 0.352. The van der Waals surface area contributed by atoms with Gasteiger partial charge in [-0.05, 0) is 25.0 Å². The van der Waals surface area contributed by atoms with Crippen LogP contribution in [0, 0.1) is 5.92 Å². The first-order valence-electron chi connectivity index (χ1n) is 9.52. The predicted molar refractivity (Wildman–Crippen MR) is 108 cm³/mol. The molecule has 0 aromatic heterocycles. The molecule has 0 radical (unpaired) electrons. The van der Waals surface area contributed by atoms with Gasteiger partial charge in [0.25, 0.3) is 0 Å². The van der Waals surface area contributed by atoms with Crippen LogP contribution >= 0.6 is 0 Å². The number of benzene rings is 2. The van der Waals surface area contributed by atoms with E-state index >= 15 is 0 Å². The average Bonchev–Trinajstić information content (AvgIpc) is 2.91. The number of hydrogen-bond donors (Lipinski definition) is 1. The van der Waals surface area contributed by atoms with E-state index in [9.17, 15) is 18.9 Å². The fourth-order valence-electron chi connectivity index (χ4n) is 4.16. The van der Waals surface area contributed by atoms with Gasteiger partial charge < -0.3 is 14.7 Å². The van der Waals surface area contributed by atoms with E-state index in [0.29, 0.717) is 0 Å². The molecule has 4 rings (SSSR count). The number of nitrogens with zero attached hydrogens (tertiary/aromatic N) is 1. The molecule has 0 unspecified atom stereocenters. The maximum atomic E-state index is 13.3. The highest BCUT2D eigenvalue weighted by atomic mass is 32.2. The lowest BCUT2D eigenvalue weighted by Gasteiger charge is -2.42. The van der Waals surface area contributed by atoms with Crippen molar-refractivity contribution < 1.29 is 23.6 Å². The van der Waals surface area contributed by atoms with E-state index < -0.39 is 45.0 Å². The van der Waals surface area contributed by atoms with Crippen molar-refractivity contribution in [1.29, 1.82) is 0 Å². The van der Waals surface area contributed by atoms with Crippen molar-refractivity contribution in [2.75, 3.05) is 6.61 Å². The Bertz CT molecular complexity index is 907. The zero-order valence-electron chi connectivity index (χ0n) is 16.2. The molecule has 1 N–H and O–H groups in total. The molecular formula is C22H23NO5S. The molecule has 2 saturated heterocycles. The fraction of sp³-hybridized carbons (Fsp3) is 0.364. The summed E-state index contributed by atoms with van der Waals surface area (Å²) < 4.78 is 17.9. The molecule has 4 atom stereocenters. The van der Waals surface area contributed by atoms with Crippen LogP contribution < -0.4 is 0 Å². The maximum absolute atomic E-state index is 13.3. The molecule has 0 saturated carbocycles. The minimum atomic E-state index is -1.48. The van der Waals surface area contributed by atoms with Gasteiger partial charge in [-0.25, -0.2) is 4.79 Å². The zero-order valence-corrected chi connectivity index (χ0v) is 17.0. The second kappa shape index (κ2) is 7.39. The Morgan fingerprint density at radius 1 is 1.10 bits per heavy atom. The number of carbonyl (C=O) groups excluding carboxylic acids is 2. The molecule has 2 aliphatic rings. The summed E-state index contributed by atoms with van der Waals surface area (Å²) in [7, 11) is -1.48. The Balaban J connectivity index is 1.66. The van der Waals surface area contributed by atoms with Gasteiger partial charge in [-0.3, -0.25) is 9.00 Å². The van der Waals surface area contributed by atoms with E-state index in [1.165, 1.54) is 4.90 Å². The van der Waals surface area contributed by atoms with Crippen LogP contribution in [0.2, 0.25) is 0 Å². The van der Waals surface area contributed by atoms with Crippen molar-refractivity contribution >= 4 is 22.7 Å². The van der Waals surface area contributed by atoms with Crippen molar-refractivity contribution in [3.05, 3.63) is 71.8 Å². The summed E-state index contributed by atoms with van der Waals surface area (Å²) in [5.74, 6) is -1.66. The molecule has 2 aliphatic heterocycles. The molecule has 0 spiro atoms. The lowest BCUT2D eigenvalue weighted by atomic mass is 9.92. The largest absolute Gasteiger partial charge is 0.451 e. The summed E-state index contributed by atoms with van der Waals surface area (Å²) >= 11 is 0. The van der Waals surface area contributed by atoms with Crippen molar-refractivity contribution in [3.63, 3.8) is 0 Å². The van der Waals surface area contributed by atoms with Gasteiger partial charge in [0.15, 0.2) is 6.10 Å². The first kappa shape index (κ1) is 19.8. The topological polar surface area (TPSA) is 83.9 Å². The van der Waals surface area contributed by atoms with Crippen LogP contribution in [-0.2, 0) is 25.1 Å². The molecule has 29 heavy (non-hydrogen) atoms. The number of aliphatic hydroxyl groups excluding tert-OH is 1. The molecule has 2 aromatic rings. The molecule has 2 fully saturated rings. The molecule has 7 heteroatoms. The van der Waals surface area contributed by atoms with Crippen molar-refractivity contribution in [2.45, 2.75) is 36.1 Å². The molecule has 0 bridgehead atoms. The van der Waals surface area contributed by atoms with Gasteiger partial charge in [0, 0.05) is 0 Å². The summed E-state index contributed by atoms with van der Waals surface area (Å²) in [6, 6.07) is 17.8. The van der Waals surface area contributed by atoms with Crippen LogP contribution in [0.5, 0.6) is 0 Å². The van der Waals surface area contributed by atoms with Gasteiger partial charge in [0.05, 0.1) is 28.1 Å².